The number of nitrogens with one attached hydrogen (secondary N) is 1. The maximum atomic E-state index is 3.09. The molecule has 2 aromatic heterocycles. The van der Waals surface area contributed by atoms with E-state index in [1.54, 1.807) is 0 Å². The molecule has 0 amide bonds. The Kier molecular flexibility index (Phi) is 12.9. The molecule has 0 aliphatic carbocycles. The second-order valence-electron chi connectivity index (χ2n) is 3.93. The Hall–Kier alpha value is -1.01. The normalized spacial score (nSPS) is 10.2. The van der Waals surface area contributed by atoms with Gasteiger partial charge in [0.2, 0.25) is 0 Å². The first-order valence-corrected chi connectivity index (χ1v) is 6.99. The van der Waals surface area contributed by atoms with Gasteiger partial charge in [-0.05, 0) is 35.6 Å². The highest BCUT2D eigenvalue weighted by Crippen LogP contribution is 2.19. The van der Waals surface area contributed by atoms with E-state index >= 15 is 0 Å². The lowest BCUT2D eigenvalue weighted by Crippen LogP contribution is -1.96. The first kappa shape index (κ1) is 20.3. The van der Waals surface area contributed by atoms with Gasteiger partial charge in [-0.15, -0.1) is 0 Å². The van der Waals surface area contributed by atoms with Crippen molar-refractivity contribution in [2.75, 3.05) is 0 Å². The van der Waals surface area contributed by atoms with Gasteiger partial charge in [0.1, 0.15) is 0 Å². The minimum absolute atomic E-state index is 0. The van der Waals surface area contributed by atoms with E-state index < -0.39 is 0 Å². The van der Waals surface area contributed by atoms with Crippen LogP contribution in [-0.4, -0.2) is 9.55 Å². The summed E-state index contributed by atoms with van der Waals surface area (Å²) in [5, 5.41) is 0. The van der Waals surface area contributed by atoms with Crippen molar-refractivity contribution < 1.29 is 0 Å². The van der Waals surface area contributed by atoms with Crippen molar-refractivity contribution in [2.24, 2.45) is 7.05 Å². The molecule has 2 rings (SSSR count). The fourth-order valence-electron chi connectivity index (χ4n) is 1.77. The molecule has 3 heteroatoms. The van der Waals surface area contributed by atoms with Crippen LogP contribution in [-0.2, 0) is 13.5 Å². The molecule has 110 valence electrons. The van der Waals surface area contributed by atoms with Crippen molar-refractivity contribution in [3.63, 3.8) is 0 Å². The maximum Gasteiger partial charge on any atom is 0.0106 e. The fraction of sp³-hybridized carbons (Fsp3) is 0.500. The van der Waals surface area contributed by atoms with Crippen molar-refractivity contribution in [3.05, 3.63) is 48.0 Å². The molecule has 2 heterocycles. The second kappa shape index (κ2) is 12.0. The highest BCUT2D eigenvalue weighted by Gasteiger charge is 2.07. The lowest BCUT2D eigenvalue weighted by atomic mass is 9.97. The summed E-state index contributed by atoms with van der Waals surface area (Å²) >= 11 is 0. The van der Waals surface area contributed by atoms with E-state index in [1.807, 2.05) is 33.9 Å². The molecule has 0 fully saturated rings. The lowest BCUT2D eigenvalue weighted by Gasteiger charge is -2.07. The van der Waals surface area contributed by atoms with Gasteiger partial charge in [-0.2, -0.15) is 9.90 Å². The van der Waals surface area contributed by atoms with Crippen molar-refractivity contribution in [2.45, 2.75) is 47.0 Å². The number of aromatic nitrogens is 2. The molecule has 2 aromatic rings. The van der Waals surface area contributed by atoms with Gasteiger partial charge in [0, 0.05) is 31.8 Å². The van der Waals surface area contributed by atoms with E-state index in [9.17, 15) is 0 Å². The zero-order valence-electron chi connectivity index (χ0n) is 13.4. The Morgan fingerprint density at radius 1 is 1.16 bits per heavy atom. The number of hydrogen-bond acceptors (Lipinski definition) is 0. The summed E-state index contributed by atoms with van der Waals surface area (Å²) in [6, 6.07) is 4.33. The predicted octanol–water partition coefficient (Wildman–Crippen LogP) is 4.81. The summed E-state index contributed by atoms with van der Waals surface area (Å²) in [5.41, 5.74) is 2.79. The molecule has 19 heavy (non-hydrogen) atoms. The average molecular weight is 282 g/mol. The molecule has 0 aromatic carbocycles. The van der Waals surface area contributed by atoms with Gasteiger partial charge in [0.25, 0.3) is 0 Å². The highest BCUT2D eigenvalue weighted by atomic mass is 31.0. The number of H-pyrrole nitrogens is 1. The van der Waals surface area contributed by atoms with E-state index in [2.05, 4.69) is 54.2 Å². The van der Waals surface area contributed by atoms with E-state index in [-0.39, 0.29) is 9.90 Å². The van der Waals surface area contributed by atoms with Crippen molar-refractivity contribution in [1.29, 1.82) is 0 Å². The van der Waals surface area contributed by atoms with Crippen LogP contribution in [0.15, 0.2) is 36.9 Å². The molecule has 2 unspecified atom stereocenters. The summed E-state index contributed by atoms with van der Waals surface area (Å²) < 4.78 is 2.10. The SMILES string of the molecule is CC.CC.CC(Cc1cc[nH]c1)c1ccn(C)c1.P. The third-order valence-corrected chi connectivity index (χ3v) is 2.63. The Morgan fingerprint density at radius 2 is 1.79 bits per heavy atom. The maximum absolute atomic E-state index is 3.09. The van der Waals surface area contributed by atoms with Gasteiger partial charge in [-0.3, -0.25) is 0 Å². The van der Waals surface area contributed by atoms with Crippen LogP contribution in [0.3, 0.4) is 0 Å². The molecular weight excluding hydrogens is 251 g/mol. The molecule has 0 spiro atoms. The van der Waals surface area contributed by atoms with Crippen LogP contribution in [0.2, 0.25) is 0 Å². The third-order valence-electron chi connectivity index (χ3n) is 2.63. The topological polar surface area (TPSA) is 20.7 Å². The summed E-state index contributed by atoms with van der Waals surface area (Å²) in [4.78, 5) is 3.09. The Morgan fingerprint density at radius 3 is 2.21 bits per heavy atom. The number of aryl methyl sites for hydroxylation is 1. The van der Waals surface area contributed by atoms with Gasteiger partial charge in [-0.1, -0.05) is 34.6 Å². The average Bonchev–Trinajstić information content (AvgIpc) is 3.06. The molecule has 0 radical (unpaired) electrons. The van der Waals surface area contributed by atoms with Crippen LogP contribution in [0.1, 0.15) is 51.7 Å². The molecule has 0 saturated carbocycles. The van der Waals surface area contributed by atoms with Crippen LogP contribution in [0, 0.1) is 0 Å². The lowest BCUT2D eigenvalue weighted by molar-refractivity contribution is 0.755. The van der Waals surface area contributed by atoms with Crippen LogP contribution in [0.25, 0.3) is 0 Å². The number of nitrogens with zero attached hydrogens (tertiary/aromatic N) is 1. The zero-order valence-corrected chi connectivity index (χ0v) is 14.8. The van der Waals surface area contributed by atoms with E-state index in [1.165, 1.54) is 11.1 Å². The number of rotatable bonds is 3. The first-order chi connectivity index (χ1) is 8.75. The Bertz CT molecular complexity index is 391. The summed E-state index contributed by atoms with van der Waals surface area (Å²) in [5.74, 6) is 0.590. The van der Waals surface area contributed by atoms with Gasteiger partial charge in [-0.25, -0.2) is 0 Å². The first-order valence-electron chi connectivity index (χ1n) is 6.99. The minimum atomic E-state index is 0. The minimum Gasteiger partial charge on any atom is -0.367 e. The molecule has 0 saturated heterocycles. The summed E-state index contributed by atoms with van der Waals surface area (Å²) in [6.07, 6.45) is 9.44. The van der Waals surface area contributed by atoms with Crippen LogP contribution in [0.4, 0.5) is 0 Å². The molecule has 0 aliphatic heterocycles. The van der Waals surface area contributed by atoms with Crippen LogP contribution >= 0.6 is 9.90 Å². The standard InChI is InChI=1S/C12H16N2.2C2H6.H3P/c1-10(7-11-3-5-13-8-11)12-4-6-14(2)9-12;2*1-2;/h3-6,8-10,13H,7H2,1-2H3;2*1-2H3;1H3. The second-order valence-corrected chi connectivity index (χ2v) is 3.93. The molecule has 0 aliphatic rings. The molecular formula is C16H31N2P. The van der Waals surface area contributed by atoms with Crippen molar-refractivity contribution in [3.8, 4) is 0 Å². The molecule has 2 nitrogen and oxygen atoms in total. The van der Waals surface area contributed by atoms with Crippen molar-refractivity contribution >= 4 is 9.90 Å². The quantitative estimate of drug-likeness (QED) is 0.780. The number of aromatic amines is 1. The summed E-state index contributed by atoms with van der Waals surface area (Å²) in [6.45, 7) is 10.3. The van der Waals surface area contributed by atoms with Crippen molar-refractivity contribution in [1.82, 2.24) is 9.55 Å². The number of hydrogen-bond donors (Lipinski definition) is 1. The largest absolute Gasteiger partial charge is 0.367 e. The summed E-state index contributed by atoms with van der Waals surface area (Å²) in [7, 11) is 2.06. The van der Waals surface area contributed by atoms with Gasteiger partial charge in [0.15, 0.2) is 0 Å². The van der Waals surface area contributed by atoms with Gasteiger partial charge in [0.05, 0.1) is 0 Å². The van der Waals surface area contributed by atoms with Crippen LogP contribution < -0.4 is 0 Å². The fourth-order valence-corrected chi connectivity index (χ4v) is 1.77. The van der Waals surface area contributed by atoms with Gasteiger partial charge >= 0.3 is 0 Å². The van der Waals surface area contributed by atoms with E-state index in [0.717, 1.165) is 6.42 Å². The van der Waals surface area contributed by atoms with Crippen LogP contribution in [0.5, 0.6) is 0 Å². The monoisotopic (exact) mass is 282 g/mol. The highest BCUT2D eigenvalue weighted by molar-refractivity contribution is 6.92. The van der Waals surface area contributed by atoms with E-state index in [0.29, 0.717) is 5.92 Å². The van der Waals surface area contributed by atoms with E-state index in [4.69, 9.17) is 0 Å². The molecule has 1 N–H and O–H groups in total. The molecule has 2 atom stereocenters. The Labute approximate surface area is 122 Å². The Balaban J connectivity index is 0. The van der Waals surface area contributed by atoms with Gasteiger partial charge < -0.3 is 9.55 Å². The predicted molar refractivity (Wildman–Crippen MR) is 92.1 cm³/mol. The zero-order chi connectivity index (χ0) is 14.0. The smallest absolute Gasteiger partial charge is 0.0106 e. The molecule has 0 bridgehead atoms. The third kappa shape index (κ3) is 7.22.